The van der Waals surface area contributed by atoms with Gasteiger partial charge in [0.25, 0.3) is 0 Å². The number of hydrogen-bond acceptors (Lipinski definition) is 6. The van der Waals surface area contributed by atoms with E-state index in [1.54, 1.807) is 12.1 Å². The monoisotopic (exact) mass is 471 g/mol. The van der Waals surface area contributed by atoms with Crippen molar-refractivity contribution in [3.63, 3.8) is 0 Å². The zero-order valence-electron chi connectivity index (χ0n) is 17.7. The molecule has 11 heteroatoms. The fraction of sp³-hybridized carbons (Fsp3) is 0.429. The molecule has 7 nitrogen and oxygen atoms in total. The van der Waals surface area contributed by atoms with Crippen molar-refractivity contribution in [2.45, 2.75) is 30.5 Å². The van der Waals surface area contributed by atoms with Crippen molar-refractivity contribution in [2.75, 3.05) is 32.1 Å². The van der Waals surface area contributed by atoms with Crippen LogP contribution in [0.4, 0.5) is 19.0 Å². The number of alkyl halides is 3. The standard InChI is InChI=1S/C21H24F3N3O4S/c1-26(2)32(29,30)18-5-3-4-15(12-18)14-31-20(28)16-8-10-27(11-9-16)19-7-6-17(13-25-19)21(22,23)24/h3-7,12-13,16H,8-11,14H2,1-2H3. The summed E-state index contributed by atoms with van der Waals surface area (Å²) in [5, 5.41) is 0. The van der Waals surface area contributed by atoms with Gasteiger partial charge in [0.1, 0.15) is 12.4 Å². The van der Waals surface area contributed by atoms with Gasteiger partial charge in [-0.15, -0.1) is 0 Å². The van der Waals surface area contributed by atoms with E-state index in [9.17, 15) is 26.4 Å². The number of rotatable bonds is 6. The van der Waals surface area contributed by atoms with E-state index in [0.717, 1.165) is 16.6 Å². The number of anilines is 1. The molecule has 0 bridgehead atoms. The summed E-state index contributed by atoms with van der Waals surface area (Å²) in [5.74, 6) is -0.288. The van der Waals surface area contributed by atoms with Gasteiger partial charge in [0.05, 0.1) is 16.4 Å². The summed E-state index contributed by atoms with van der Waals surface area (Å²) in [5.41, 5.74) is -0.241. The lowest BCUT2D eigenvalue weighted by Crippen LogP contribution is -2.37. The summed E-state index contributed by atoms with van der Waals surface area (Å²) in [6.45, 7) is 0.889. The Balaban J connectivity index is 1.53. The van der Waals surface area contributed by atoms with Crippen molar-refractivity contribution in [1.82, 2.24) is 9.29 Å². The SMILES string of the molecule is CN(C)S(=O)(=O)c1cccc(COC(=O)C2CCN(c3ccc(C(F)(F)F)cn3)CC2)c1. The van der Waals surface area contributed by atoms with Gasteiger partial charge in [-0.3, -0.25) is 4.79 Å². The topological polar surface area (TPSA) is 79.8 Å². The van der Waals surface area contributed by atoms with Gasteiger partial charge in [0.2, 0.25) is 10.0 Å². The molecule has 1 fully saturated rings. The third-order valence-electron chi connectivity index (χ3n) is 5.29. The summed E-state index contributed by atoms with van der Waals surface area (Å²) in [7, 11) is -0.705. The van der Waals surface area contributed by atoms with Crippen LogP contribution >= 0.6 is 0 Å². The lowest BCUT2D eigenvalue weighted by Gasteiger charge is -2.31. The molecule has 3 rings (SSSR count). The van der Waals surface area contributed by atoms with E-state index in [2.05, 4.69) is 4.98 Å². The Morgan fingerprint density at radius 2 is 1.88 bits per heavy atom. The molecule has 0 radical (unpaired) electrons. The van der Waals surface area contributed by atoms with E-state index >= 15 is 0 Å². The number of nitrogens with zero attached hydrogens (tertiary/aromatic N) is 3. The van der Waals surface area contributed by atoms with Gasteiger partial charge in [-0.1, -0.05) is 12.1 Å². The largest absolute Gasteiger partial charge is 0.461 e. The molecule has 1 aromatic carbocycles. The minimum atomic E-state index is -4.43. The van der Waals surface area contributed by atoms with Crippen LogP contribution in [-0.2, 0) is 32.3 Å². The summed E-state index contributed by atoms with van der Waals surface area (Å²) in [6, 6.07) is 8.55. The van der Waals surface area contributed by atoms with Gasteiger partial charge in [-0.2, -0.15) is 13.2 Å². The van der Waals surface area contributed by atoms with Gasteiger partial charge in [-0.25, -0.2) is 17.7 Å². The normalized spacial score (nSPS) is 15.8. The van der Waals surface area contributed by atoms with Crippen LogP contribution in [0, 0.1) is 5.92 Å². The van der Waals surface area contributed by atoms with E-state index < -0.39 is 21.8 Å². The molecular formula is C21H24F3N3O4S. The van der Waals surface area contributed by atoms with Crippen molar-refractivity contribution in [3.05, 3.63) is 53.7 Å². The first kappa shape index (κ1) is 24.0. The number of aromatic nitrogens is 1. The Morgan fingerprint density at radius 3 is 2.44 bits per heavy atom. The molecule has 2 aromatic rings. The Labute approximate surface area is 184 Å². The molecule has 0 unspecified atom stereocenters. The van der Waals surface area contributed by atoms with Crippen LogP contribution in [-0.4, -0.2) is 50.9 Å². The number of esters is 1. The zero-order valence-corrected chi connectivity index (χ0v) is 18.5. The third kappa shape index (κ3) is 5.57. The molecule has 0 amide bonds. The molecule has 1 aliphatic rings. The highest BCUT2D eigenvalue weighted by Gasteiger charge is 2.31. The predicted octanol–water partition coefficient (Wildman–Crippen LogP) is 3.31. The van der Waals surface area contributed by atoms with Crippen LogP contribution in [0.1, 0.15) is 24.0 Å². The maximum absolute atomic E-state index is 12.7. The second kappa shape index (κ2) is 9.45. The second-order valence-corrected chi connectivity index (χ2v) is 9.86. The van der Waals surface area contributed by atoms with Crippen LogP contribution in [0.3, 0.4) is 0 Å². The van der Waals surface area contributed by atoms with Gasteiger partial charge >= 0.3 is 12.1 Å². The molecule has 1 aromatic heterocycles. The van der Waals surface area contributed by atoms with Gasteiger partial charge < -0.3 is 9.64 Å². The number of pyridine rings is 1. The smallest absolute Gasteiger partial charge is 0.417 e. The molecule has 0 saturated carbocycles. The number of halogens is 3. The highest BCUT2D eigenvalue weighted by atomic mass is 32.2. The first-order valence-corrected chi connectivity index (χ1v) is 11.4. The van der Waals surface area contributed by atoms with Crippen molar-refractivity contribution >= 4 is 21.8 Å². The highest BCUT2D eigenvalue weighted by molar-refractivity contribution is 7.89. The molecular weight excluding hydrogens is 447 g/mol. The van der Waals surface area contributed by atoms with Gasteiger partial charge in [-0.05, 0) is 42.7 Å². The average molecular weight is 472 g/mol. The number of carbonyl (C=O) groups excluding carboxylic acids is 1. The molecule has 0 aliphatic carbocycles. The lowest BCUT2D eigenvalue weighted by molar-refractivity contribution is -0.150. The van der Waals surface area contributed by atoms with Crippen LogP contribution in [0.2, 0.25) is 0 Å². The van der Waals surface area contributed by atoms with Crippen LogP contribution in [0.5, 0.6) is 0 Å². The maximum Gasteiger partial charge on any atom is 0.417 e. The molecule has 0 atom stereocenters. The first-order valence-electron chi connectivity index (χ1n) is 9.95. The minimum Gasteiger partial charge on any atom is -0.461 e. The van der Waals surface area contributed by atoms with Crippen molar-refractivity contribution < 1.29 is 31.1 Å². The van der Waals surface area contributed by atoms with E-state index in [-0.39, 0.29) is 23.4 Å². The molecule has 0 spiro atoms. The quantitative estimate of drug-likeness (QED) is 0.602. The fourth-order valence-electron chi connectivity index (χ4n) is 3.36. The molecule has 0 N–H and O–H groups in total. The number of piperidine rings is 1. The van der Waals surface area contributed by atoms with Gasteiger partial charge in [0, 0.05) is 33.4 Å². The number of carbonyl (C=O) groups is 1. The predicted molar refractivity (Wildman–Crippen MR) is 111 cm³/mol. The maximum atomic E-state index is 12.7. The zero-order chi connectivity index (χ0) is 23.5. The number of ether oxygens (including phenoxy) is 1. The summed E-state index contributed by atoms with van der Waals surface area (Å²) in [4.78, 5) is 18.3. The lowest BCUT2D eigenvalue weighted by atomic mass is 9.97. The molecule has 174 valence electrons. The summed E-state index contributed by atoms with van der Waals surface area (Å²) in [6.07, 6.45) is -2.66. The molecule has 2 heterocycles. The summed E-state index contributed by atoms with van der Waals surface area (Å²) >= 11 is 0. The first-order chi connectivity index (χ1) is 15.0. The van der Waals surface area contributed by atoms with E-state index in [1.807, 2.05) is 4.90 Å². The van der Waals surface area contributed by atoms with Crippen LogP contribution in [0.25, 0.3) is 0 Å². The van der Waals surface area contributed by atoms with Crippen molar-refractivity contribution in [2.24, 2.45) is 5.92 Å². The van der Waals surface area contributed by atoms with Crippen LogP contribution < -0.4 is 4.90 Å². The van der Waals surface area contributed by atoms with Crippen molar-refractivity contribution in [3.8, 4) is 0 Å². The Hall–Kier alpha value is -2.66. The average Bonchev–Trinajstić information content (AvgIpc) is 2.77. The van der Waals surface area contributed by atoms with E-state index in [0.29, 0.717) is 37.3 Å². The molecule has 1 aliphatic heterocycles. The van der Waals surface area contributed by atoms with Crippen molar-refractivity contribution in [1.29, 1.82) is 0 Å². The Kier molecular flexibility index (Phi) is 7.09. The third-order valence-corrected chi connectivity index (χ3v) is 7.10. The Morgan fingerprint density at radius 1 is 1.19 bits per heavy atom. The number of sulfonamides is 1. The fourth-order valence-corrected chi connectivity index (χ4v) is 4.34. The Bertz CT molecular complexity index is 1050. The number of hydrogen-bond donors (Lipinski definition) is 0. The number of benzene rings is 1. The highest BCUT2D eigenvalue weighted by Crippen LogP contribution is 2.30. The second-order valence-electron chi connectivity index (χ2n) is 7.71. The summed E-state index contributed by atoms with van der Waals surface area (Å²) < 4.78 is 69.0. The van der Waals surface area contributed by atoms with E-state index in [4.69, 9.17) is 4.74 Å². The van der Waals surface area contributed by atoms with Crippen LogP contribution in [0.15, 0.2) is 47.5 Å². The molecule has 32 heavy (non-hydrogen) atoms. The van der Waals surface area contributed by atoms with Gasteiger partial charge in [0.15, 0.2) is 0 Å². The minimum absolute atomic E-state index is 0.0453. The van der Waals surface area contributed by atoms with E-state index in [1.165, 1.54) is 32.3 Å². The molecule has 1 saturated heterocycles.